The summed E-state index contributed by atoms with van der Waals surface area (Å²) in [6.07, 6.45) is 2.04. The van der Waals surface area contributed by atoms with Gasteiger partial charge in [-0.15, -0.1) is 0 Å². The summed E-state index contributed by atoms with van der Waals surface area (Å²) in [5.74, 6) is 0.253. The number of aryl methyl sites for hydroxylation is 1. The summed E-state index contributed by atoms with van der Waals surface area (Å²) in [6, 6.07) is 13.2. The fourth-order valence-electron chi connectivity index (χ4n) is 3.47. The predicted octanol–water partition coefficient (Wildman–Crippen LogP) is 4.10. The van der Waals surface area contributed by atoms with E-state index in [2.05, 4.69) is 6.92 Å². The number of hydrogen-bond acceptors (Lipinski definition) is 3. The van der Waals surface area contributed by atoms with Crippen molar-refractivity contribution in [1.29, 1.82) is 0 Å². The van der Waals surface area contributed by atoms with Crippen LogP contribution in [0.5, 0.6) is 0 Å². The van der Waals surface area contributed by atoms with Crippen molar-refractivity contribution in [2.45, 2.75) is 31.6 Å². The Balaban J connectivity index is 1.95. The second-order valence-electron chi connectivity index (χ2n) is 7.39. The molecule has 0 radical (unpaired) electrons. The zero-order valence-corrected chi connectivity index (χ0v) is 17.7. The van der Waals surface area contributed by atoms with E-state index in [1.54, 1.807) is 23.1 Å². The third-order valence-corrected chi connectivity index (χ3v) is 7.02. The number of sulfonamides is 1. The summed E-state index contributed by atoms with van der Waals surface area (Å²) in [4.78, 5) is 14.8. The van der Waals surface area contributed by atoms with E-state index in [0.29, 0.717) is 29.7 Å². The number of amides is 1. The van der Waals surface area contributed by atoms with Crippen LogP contribution < -0.4 is 4.31 Å². The number of rotatable bonds is 5. The van der Waals surface area contributed by atoms with Crippen LogP contribution in [0.15, 0.2) is 53.4 Å². The minimum atomic E-state index is -3.91. The Morgan fingerprint density at radius 3 is 2.57 bits per heavy atom. The maximum absolute atomic E-state index is 13.4. The number of likely N-dealkylation sites (tertiary alicyclic amines) is 1. The lowest BCUT2D eigenvalue weighted by Gasteiger charge is -2.33. The number of piperidine rings is 1. The Labute approximate surface area is 172 Å². The molecule has 0 saturated carbocycles. The van der Waals surface area contributed by atoms with E-state index in [1.165, 1.54) is 28.6 Å². The van der Waals surface area contributed by atoms with Crippen molar-refractivity contribution < 1.29 is 13.2 Å². The summed E-state index contributed by atoms with van der Waals surface area (Å²) in [7, 11) is -3.91. The number of hydrogen-bond donors (Lipinski definition) is 0. The summed E-state index contributed by atoms with van der Waals surface area (Å²) < 4.78 is 27.9. The highest BCUT2D eigenvalue weighted by Crippen LogP contribution is 2.26. The number of halogens is 1. The molecule has 0 N–H and O–H groups in total. The molecule has 0 aliphatic carbocycles. The monoisotopic (exact) mass is 420 g/mol. The van der Waals surface area contributed by atoms with Crippen LogP contribution in [0.4, 0.5) is 5.69 Å². The van der Waals surface area contributed by atoms with Gasteiger partial charge in [-0.1, -0.05) is 30.7 Å². The Morgan fingerprint density at radius 2 is 1.93 bits per heavy atom. The van der Waals surface area contributed by atoms with Gasteiger partial charge in [-0.3, -0.25) is 9.10 Å². The van der Waals surface area contributed by atoms with Crippen molar-refractivity contribution in [3.63, 3.8) is 0 Å². The number of carbonyl (C=O) groups excluding carboxylic acids is 1. The maximum Gasteiger partial charge on any atom is 0.264 e. The smallest absolute Gasteiger partial charge is 0.264 e. The first-order chi connectivity index (χ1) is 13.3. The summed E-state index contributed by atoms with van der Waals surface area (Å²) >= 11 is 5.91. The maximum atomic E-state index is 13.4. The van der Waals surface area contributed by atoms with Gasteiger partial charge in [0.15, 0.2) is 0 Å². The van der Waals surface area contributed by atoms with E-state index < -0.39 is 10.0 Å². The second-order valence-corrected chi connectivity index (χ2v) is 9.69. The Hall–Kier alpha value is -2.05. The van der Waals surface area contributed by atoms with Crippen LogP contribution in [0.3, 0.4) is 0 Å². The molecular weight excluding hydrogens is 396 g/mol. The van der Waals surface area contributed by atoms with Gasteiger partial charge in [0.25, 0.3) is 10.0 Å². The molecule has 28 heavy (non-hydrogen) atoms. The standard InChI is InChI=1S/C21H25ClN2O3S/c1-16-5-3-7-19(13-16)24(15-21(25)23-12-4-6-17(2)14-23)28(26,27)20-10-8-18(22)9-11-20/h3,5,7-11,13,17H,4,6,12,14-15H2,1-2H3/t17-/m0/s1. The van der Waals surface area contributed by atoms with Gasteiger partial charge in [-0.05, 0) is 67.6 Å². The average Bonchev–Trinajstić information content (AvgIpc) is 2.66. The molecule has 0 unspecified atom stereocenters. The highest BCUT2D eigenvalue weighted by atomic mass is 35.5. The predicted molar refractivity (Wildman–Crippen MR) is 112 cm³/mol. The van der Waals surface area contributed by atoms with Crippen LogP contribution in [0.1, 0.15) is 25.3 Å². The summed E-state index contributed by atoms with van der Waals surface area (Å²) in [5, 5.41) is 0.458. The van der Waals surface area contributed by atoms with Gasteiger partial charge < -0.3 is 4.90 Å². The summed E-state index contributed by atoms with van der Waals surface area (Å²) in [6.45, 7) is 5.13. The lowest BCUT2D eigenvalue weighted by atomic mass is 10.0. The number of nitrogens with zero attached hydrogens (tertiary/aromatic N) is 2. The van der Waals surface area contributed by atoms with Gasteiger partial charge in [-0.25, -0.2) is 8.42 Å². The first kappa shape index (κ1) is 20.7. The molecule has 5 nitrogen and oxygen atoms in total. The Kier molecular flexibility index (Phi) is 6.30. The van der Waals surface area contributed by atoms with E-state index in [0.717, 1.165) is 18.4 Å². The molecule has 1 atom stereocenters. The number of carbonyl (C=O) groups is 1. The van der Waals surface area contributed by atoms with E-state index in [9.17, 15) is 13.2 Å². The molecule has 0 bridgehead atoms. The molecule has 1 aliphatic rings. The first-order valence-corrected chi connectivity index (χ1v) is 11.2. The number of anilines is 1. The van der Waals surface area contributed by atoms with Crippen LogP contribution in [-0.4, -0.2) is 38.9 Å². The zero-order valence-electron chi connectivity index (χ0n) is 16.1. The Bertz CT molecular complexity index is 944. The fraction of sp³-hybridized carbons (Fsp3) is 0.381. The Morgan fingerprint density at radius 1 is 1.21 bits per heavy atom. The van der Waals surface area contributed by atoms with Crippen LogP contribution in [-0.2, 0) is 14.8 Å². The lowest BCUT2D eigenvalue weighted by Crippen LogP contribution is -2.46. The van der Waals surface area contributed by atoms with Crippen molar-refractivity contribution in [2.24, 2.45) is 5.92 Å². The van der Waals surface area contributed by atoms with Crippen molar-refractivity contribution in [3.8, 4) is 0 Å². The van der Waals surface area contributed by atoms with Crippen molar-refractivity contribution in [2.75, 3.05) is 23.9 Å². The molecule has 1 amide bonds. The zero-order chi connectivity index (χ0) is 20.3. The van der Waals surface area contributed by atoms with Crippen LogP contribution in [0, 0.1) is 12.8 Å². The van der Waals surface area contributed by atoms with Gasteiger partial charge in [-0.2, -0.15) is 0 Å². The van der Waals surface area contributed by atoms with Crippen molar-refractivity contribution >= 4 is 33.2 Å². The SMILES string of the molecule is Cc1cccc(N(CC(=O)N2CCC[C@H](C)C2)S(=O)(=O)c2ccc(Cl)cc2)c1. The molecule has 2 aromatic carbocycles. The average molecular weight is 421 g/mol. The molecule has 150 valence electrons. The van der Waals surface area contributed by atoms with Crippen LogP contribution in [0.25, 0.3) is 0 Å². The summed E-state index contributed by atoms with van der Waals surface area (Å²) in [5.41, 5.74) is 1.40. The van der Waals surface area contributed by atoms with E-state index in [-0.39, 0.29) is 17.3 Å². The number of benzene rings is 2. The quantitative estimate of drug-likeness (QED) is 0.731. The van der Waals surface area contributed by atoms with Crippen LogP contribution in [0.2, 0.25) is 5.02 Å². The molecule has 7 heteroatoms. The largest absolute Gasteiger partial charge is 0.341 e. The molecular formula is C21H25ClN2O3S. The van der Waals surface area contributed by atoms with Gasteiger partial charge in [0, 0.05) is 18.1 Å². The van der Waals surface area contributed by atoms with Crippen molar-refractivity contribution in [3.05, 3.63) is 59.1 Å². The molecule has 1 saturated heterocycles. The highest BCUT2D eigenvalue weighted by Gasteiger charge is 2.30. The molecule has 2 aromatic rings. The minimum absolute atomic E-state index is 0.109. The second kappa shape index (κ2) is 8.53. The van der Waals surface area contributed by atoms with Crippen LogP contribution >= 0.6 is 11.6 Å². The molecule has 1 fully saturated rings. The molecule has 1 aliphatic heterocycles. The van der Waals surface area contributed by atoms with E-state index >= 15 is 0 Å². The molecule has 3 rings (SSSR count). The lowest BCUT2D eigenvalue weighted by molar-refractivity contribution is -0.131. The van der Waals surface area contributed by atoms with Crippen molar-refractivity contribution in [1.82, 2.24) is 4.90 Å². The van der Waals surface area contributed by atoms with E-state index in [4.69, 9.17) is 11.6 Å². The molecule has 0 spiro atoms. The van der Waals surface area contributed by atoms with E-state index in [1.807, 2.05) is 13.0 Å². The van der Waals surface area contributed by atoms with Gasteiger partial charge in [0.2, 0.25) is 5.91 Å². The first-order valence-electron chi connectivity index (χ1n) is 9.40. The van der Waals surface area contributed by atoms with Gasteiger partial charge >= 0.3 is 0 Å². The molecule has 0 aromatic heterocycles. The normalized spacial score (nSPS) is 17.4. The molecule has 1 heterocycles. The van der Waals surface area contributed by atoms with Gasteiger partial charge in [0.1, 0.15) is 6.54 Å². The highest BCUT2D eigenvalue weighted by molar-refractivity contribution is 7.92. The minimum Gasteiger partial charge on any atom is -0.341 e. The third-order valence-electron chi connectivity index (χ3n) is 4.98. The third kappa shape index (κ3) is 4.67. The fourth-order valence-corrected chi connectivity index (χ4v) is 5.00. The van der Waals surface area contributed by atoms with Gasteiger partial charge in [0.05, 0.1) is 10.6 Å². The topological polar surface area (TPSA) is 57.7 Å².